The number of ether oxygens (including phenoxy) is 2. The molecule has 0 aliphatic carbocycles. The summed E-state index contributed by atoms with van der Waals surface area (Å²) in [6.45, 7) is 4.05. The van der Waals surface area contributed by atoms with E-state index in [4.69, 9.17) is 9.47 Å². The molecule has 0 atom stereocenters. The number of hydrogen-bond donors (Lipinski definition) is 0. The number of rotatable bonds is 5. The first kappa shape index (κ1) is 17.1. The molecule has 2 aromatic carbocycles. The van der Waals surface area contributed by atoms with Crippen molar-refractivity contribution < 1.29 is 9.47 Å². The fraction of sp³-hybridized carbons (Fsp3) is 0.182. The van der Waals surface area contributed by atoms with Crippen molar-refractivity contribution in [2.45, 2.75) is 20.0 Å². The summed E-state index contributed by atoms with van der Waals surface area (Å²) in [7, 11) is 1.66. The number of aromatic nitrogens is 3. The van der Waals surface area contributed by atoms with E-state index < -0.39 is 0 Å². The third-order valence-corrected chi connectivity index (χ3v) is 4.29. The Balaban J connectivity index is 1.75. The maximum atomic E-state index is 5.82. The average Bonchev–Trinajstić information content (AvgIpc) is 3.11. The SMILES string of the molecule is COc1ccc(-c2nnc3ccc(-c4cccc(OC(C)C)c4)cn23)cc1. The Bertz CT molecular complexity index is 1070. The molecule has 5 heteroatoms. The molecule has 0 saturated heterocycles. The van der Waals surface area contributed by atoms with Crippen LogP contribution in [-0.2, 0) is 0 Å². The predicted octanol–water partition coefficient (Wildman–Crippen LogP) is 4.86. The number of nitrogens with zero attached hydrogens (tertiary/aromatic N) is 3. The molecule has 0 unspecified atom stereocenters. The van der Waals surface area contributed by atoms with E-state index in [2.05, 4.69) is 34.6 Å². The molecular weight excluding hydrogens is 338 g/mol. The highest BCUT2D eigenvalue weighted by molar-refractivity contribution is 5.68. The Labute approximate surface area is 158 Å². The van der Waals surface area contributed by atoms with Crippen LogP contribution < -0.4 is 9.47 Å². The summed E-state index contributed by atoms with van der Waals surface area (Å²) in [4.78, 5) is 0. The van der Waals surface area contributed by atoms with Crippen molar-refractivity contribution in [2.24, 2.45) is 0 Å². The lowest BCUT2D eigenvalue weighted by molar-refractivity contribution is 0.242. The Hall–Kier alpha value is -3.34. The van der Waals surface area contributed by atoms with Crippen molar-refractivity contribution in [3.05, 3.63) is 66.9 Å². The number of hydrogen-bond acceptors (Lipinski definition) is 4. The first-order chi connectivity index (χ1) is 13.1. The Morgan fingerprint density at radius 2 is 1.59 bits per heavy atom. The molecule has 0 saturated carbocycles. The standard InChI is InChI=1S/C22H21N3O2/c1-15(2)27-20-6-4-5-17(13-20)18-9-12-21-23-24-22(25(21)14-18)16-7-10-19(26-3)11-8-16/h4-15H,1-3H3. The lowest BCUT2D eigenvalue weighted by Crippen LogP contribution is -2.05. The van der Waals surface area contributed by atoms with Crippen LogP contribution in [0.3, 0.4) is 0 Å². The van der Waals surface area contributed by atoms with E-state index in [1.807, 2.05) is 60.7 Å². The minimum atomic E-state index is 0.141. The van der Waals surface area contributed by atoms with Crippen molar-refractivity contribution >= 4 is 5.65 Å². The van der Waals surface area contributed by atoms with Crippen LogP contribution in [0, 0.1) is 0 Å². The van der Waals surface area contributed by atoms with Crippen LogP contribution in [-0.4, -0.2) is 27.8 Å². The molecule has 4 rings (SSSR count). The third kappa shape index (κ3) is 3.49. The highest BCUT2D eigenvalue weighted by atomic mass is 16.5. The molecule has 27 heavy (non-hydrogen) atoms. The van der Waals surface area contributed by atoms with Crippen LogP contribution >= 0.6 is 0 Å². The van der Waals surface area contributed by atoms with Crippen molar-refractivity contribution in [3.63, 3.8) is 0 Å². The van der Waals surface area contributed by atoms with E-state index >= 15 is 0 Å². The highest BCUT2D eigenvalue weighted by Gasteiger charge is 2.10. The monoisotopic (exact) mass is 359 g/mol. The summed E-state index contributed by atoms with van der Waals surface area (Å²) in [5.41, 5.74) is 3.95. The van der Waals surface area contributed by atoms with Gasteiger partial charge in [0.15, 0.2) is 11.5 Å². The fourth-order valence-corrected chi connectivity index (χ4v) is 3.02. The van der Waals surface area contributed by atoms with Crippen molar-refractivity contribution in [3.8, 4) is 34.0 Å². The molecule has 2 heterocycles. The number of pyridine rings is 1. The third-order valence-electron chi connectivity index (χ3n) is 4.29. The van der Waals surface area contributed by atoms with Gasteiger partial charge in [0.05, 0.1) is 13.2 Å². The second-order valence-corrected chi connectivity index (χ2v) is 6.59. The Morgan fingerprint density at radius 1 is 0.815 bits per heavy atom. The van der Waals surface area contributed by atoms with Crippen LogP contribution in [0.5, 0.6) is 11.5 Å². The van der Waals surface area contributed by atoms with Gasteiger partial charge in [-0.05, 0) is 73.5 Å². The van der Waals surface area contributed by atoms with E-state index in [-0.39, 0.29) is 6.10 Å². The zero-order valence-electron chi connectivity index (χ0n) is 15.6. The van der Waals surface area contributed by atoms with Gasteiger partial charge in [-0.1, -0.05) is 12.1 Å². The molecule has 4 aromatic rings. The largest absolute Gasteiger partial charge is 0.497 e. The summed E-state index contributed by atoms with van der Waals surface area (Å²) in [6, 6.07) is 20.0. The maximum absolute atomic E-state index is 5.82. The van der Waals surface area contributed by atoms with Crippen molar-refractivity contribution in [1.82, 2.24) is 14.6 Å². The minimum Gasteiger partial charge on any atom is -0.497 e. The van der Waals surface area contributed by atoms with Crippen LogP contribution in [0.25, 0.3) is 28.2 Å². The molecular formula is C22H21N3O2. The molecule has 0 aliphatic rings. The van der Waals surface area contributed by atoms with Gasteiger partial charge in [0.2, 0.25) is 0 Å². The van der Waals surface area contributed by atoms with Crippen molar-refractivity contribution in [1.29, 1.82) is 0 Å². The fourth-order valence-electron chi connectivity index (χ4n) is 3.02. The van der Waals surface area contributed by atoms with Crippen molar-refractivity contribution in [2.75, 3.05) is 7.11 Å². The van der Waals surface area contributed by atoms with Gasteiger partial charge in [-0.15, -0.1) is 10.2 Å². The first-order valence-corrected chi connectivity index (χ1v) is 8.90. The lowest BCUT2D eigenvalue weighted by Gasteiger charge is -2.11. The van der Waals surface area contributed by atoms with Crippen LogP contribution in [0.1, 0.15) is 13.8 Å². The van der Waals surface area contributed by atoms with Gasteiger partial charge in [-0.3, -0.25) is 4.40 Å². The number of fused-ring (bicyclic) bond motifs is 1. The van der Waals surface area contributed by atoms with E-state index in [9.17, 15) is 0 Å². The van der Waals surface area contributed by atoms with Gasteiger partial charge in [0, 0.05) is 11.8 Å². The lowest BCUT2D eigenvalue weighted by atomic mass is 10.1. The molecule has 0 fully saturated rings. The second-order valence-electron chi connectivity index (χ2n) is 6.59. The van der Waals surface area contributed by atoms with Gasteiger partial charge in [0.25, 0.3) is 0 Å². The molecule has 0 N–H and O–H groups in total. The minimum absolute atomic E-state index is 0.141. The first-order valence-electron chi connectivity index (χ1n) is 8.90. The number of methoxy groups -OCH3 is 1. The van der Waals surface area contributed by atoms with Gasteiger partial charge < -0.3 is 9.47 Å². The maximum Gasteiger partial charge on any atom is 0.168 e. The molecule has 0 radical (unpaired) electrons. The van der Waals surface area contributed by atoms with Crippen LogP contribution in [0.2, 0.25) is 0 Å². The molecule has 5 nitrogen and oxygen atoms in total. The van der Waals surface area contributed by atoms with E-state index in [1.54, 1.807) is 7.11 Å². The Morgan fingerprint density at radius 3 is 2.33 bits per heavy atom. The molecule has 0 spiro atoms. The Kier molecular flexibility index (Phi) is 4.50. The zero-order valence-corrected chi connectivity index (χ0v) is 15.6. The molecule has 2 aromatic heterocycles. The smallest absolute Gasteiger partial charge is 0.168 e. The molecule has 0 aliphatic heterocycles. The predicted molar refractivity (Wildman–Crippen MR) is 106 cm³/mol. The zero-order chi connectivity index (χ0) is 18.8. The number of benzene rings is 2. The summed E-state index contributed by atoms with van der Waals surface area (Å²) in [6.07, 6.45) is 2.20. The van der Waals surface area contributed by atoms with Gasteiger partial charge >= 0.3 is 0 Å². The normalized spacial score (nSPS) is 11.1. The van der Waals surface area contributed by atoms with E-state index in [1.165, 1.54) is 0 Å². The summed E-state index contributed by atoms with van der Waals surface area (Å²) in [5.74, 6) is 2.47. The quantitative estimate of drug-likeness (QED) is 0.511. The van der Waals surface area contributed by atoms with E-state index in [0.29, 0.717) is 0 Å². The summed E-state index contributed by atoms with van der Waals surface area (Å²) >= 11 is 0. The highest BCUT2D eigenvalue weighted by Crippen LogP contribution is 2.27. The van der Waals surface area contributed by atoms with E-state index in [0.717, 1.165) is 39.7 Å². The topological polar surface area (TPSA) is 48.7 Å². The second kappa shape index (κ2) is 7.11. The summed E-state index contributed by atoms with van der Waals surface area (Å²) in [5, 5.41) is 8.65. The van der Waals surface area contributed by atoms with Gasteiger partial charge in [-0.25, -0.2) is 0 Å². The van der Waals surface area contributed by atoms with Crippen LogP contribution in [0.4, 0.5) is 0 Å². The average molecular weight is 359 g/mol. The van der Waals surface area contributed by atoms with Crippen LogP contribution in [0.15, 0.2) is 66.9 Å². The molecule has 0 bridgehead atoms. The molecule has 0 amide bonds. The summed E-state index contributed by atoms with van der Waals surface area (Å²) < 4.78 is 13.1. The van der Waals surface area contributed by atoms with Gasteiger partial charge in [-0.2, -0.15) is 0 Å². The molecule has 136 valence electrons. The van der Waals surface area contributed by atoms with Gasteiger partial charge in [0.1, 0.15) is 11.5 Å².